The summed E-state index contributed by atoms with van der Waals surface area (Å²) in [5.74, 6) is -0.317. The van der Waals surface area contributed by atoms with Crippen LogP contribution >= 0.6 is 11.6 Å². The first-order chi connectivity index (χ1) is 10.0. The number of amides is 1. The highest BCUT2D eigenvalue weighted by Crippen LogP contribution is 2.33. The highest BCUT2D eigenvalue weighted by Gasteiger charge is 2.20. The minimum absolute atomic E-state index is 0.00250. The lowest BCUT2D eigenvalue weighted by Crippen LogP contribution is -2.25. The second kappa shape index (κ2) is 6.38. The van der Waals surface area contributed by atoms with Crippen LogP contribution in [0.5, 0.6) is 0 Å². The Morgan fingerprint density at radius 3 is 2.81 bits per heavy atom. The summed E-state index contributed by atoms with van der Waals surface area (Å²) in [4.78, 5) is 22.1. The highest BCUT2D eigenvalue weighted by atomic mass is 35.5. The molecule has 0 bridgehead atoms. The molecule has 21 heavy (non-hydrogen) atoms. The predicted octanol–water partition coefficient (Wildman–Crippen LogP) is 2.23. The minimum atomic E-state index is -0.574. The van der Waals surface area contributed by atoms with Gasteiger partial charge in [-0.3, -0.25) is 14.9 Å². The zero-order chi connectivity index (χ0) is 15.4. The number of aliphatic hydroxyl groups excluding tert-OH is 1. The number of carbonyl (C=O) groups is 1. The number of benzene rings is 1. The first-order valence-corrected chi connectivity index (χ1v) is 6.34. The summed E-state index contributed by atoms with van der Waals surface area (Å²) in [5.41, 5.74) is 0.0183. The topological polar surface area (TPSA) is 106 Å². The molecule has 0 spiro atoms. The number of rotatable bonds is 5. The third-order valence-electron chi connectivity index (χ3n) is 2.65. The third kappa shape index (κ3) is 3.39. The van der Waals surface area contributed by atoms with Gasteiger partial charge in [-0.05, 0) is 24.3 Å². The van der Waals surface area contributed by atoms with E-state index in [2.05, 4.69) is 5.32 Å². The van der Waals surface area contributed by atoms with E-state index in [-0.39, 0.29) is 40.9 Å². The van der Waals surface area contributed by atoms with Crippen LogP contribution in [0.25, 0.3) is 11.3 Å². The second-order valence-corrected chi connectivity index (χ2v) is 4.50. The molecule has 1 heterocycles. The maximum atomic E-state index is 11.7. The van der Waals surface area contributed by atoms with E-state index in [0.717, 1.165) is 0 Å². The number of halogens is 1. The molecule has 0 atom stereocenters. The zero-order valence-corrected chi connectivity index (χ0v) is 11.5. The van der Waals surface area contributed by atoms with Gasteiger partial charge in [0.1, 0.15) is 5.76 Å². The number of nitrogens with zero attached hydrogens (tertiary/aromatic N) is 1. The van der Waals surface area contributed by atoms with Crippen molar-refractivity contribution in [2.24, 2.45) is 0 Å². The lowest BCUT2D eigenvalue weighted by atomic mass is 10.1. The highest BCUT2D eigenvalue weighted by molar-refractivity contribution is 6.30. The lowest BCUT2D eigenvalue weighted by molar-refractivity contribution is -0.384. The van der Waals surface area contributed by atoms with Gasteiger partial charge in [-0.25, -0.2) is 0 Å². The van der Waals surface area contributed by atoms with Gasteiger partial charge in [-0.15, -0.1) is 0 Å². The summed E-state index contributed by atoms with van der Waals surface area (Å²) in [6, 6.07) is 7.03. The maximum absolute atomic E-state index is 11.7. The summed E-state index contributed by atoms with van der Waals surface area (Å²) in [7, 11) is 0. The van der Waals surface area contributed by atoms with Gasteiger partial charge >= 0.3 is 0 Å². The second-order valence-electron chi connectivity index (χ2n) is 4.06. The Balaban J connectivity index is 2.34. The number of hydrogen-bond donors (Lipinski definition) is 2. The minimum Gasteiger partial charge on any atom is -0.451 e. The smallest absolute Gasteiger partial charge is 0.287 e. The first-order valence-electron chi connectivity index (χ1n) is 5.96. The number of hydrogen-bond acceptors (Lipinski definition) is 5. The molecule has 1 aromatic heterocycles. The number of nitrogens with one attached hydrogen (secondary N) is 1. The molecule has 0 unspecified atom stereocenters. The fourth-order valence-corrected chi connectivity index (χ4v) is 1.89. The molecule has 0 radical (unpaired) electrons. The molecule has 110 valence electrons. The summed E-state index contributed by atoms with van der Waals surface area (Å²) >= 11 is 5.74. The van der Waals surface area contributed by atoms with E-state index in [4.69, 9.17) is 21.1 Å². The molecular weight excluding hydrogens is 300 g/mol. The number of nitro benzene ring substituents is 1. The first kappa shape index (κ1) is 15.0. The molecule has 0 fully saturated rings. The van der Waals surface area contributed by atoms with Crippen molar-refractivity contribution in [1.82, 2.24) is 5.32 Å². The molecule has 2 rings (SSSR count). The van der Waals surface area contributed by atoms with Crippen molar-refractivity contribution < 1.29 is 19.2 Å². The van der Waals surface area contributed by atoms with Crippen molar-refractivity contribution in [3.8, 4) is 11.3 Å². The van der Waals surface area contributed by atoms with Crippen LogP contribution in [0.2, 0.25) is 5.02 Å². The number of nitro groups is 1. The summed E-state index contributed by atoms with van der Waals surface area (Å²) in [6.07, 6.45) is 0. The standard InChI is InChI=1S/C13H11ClN2O5/c14-8-1-2-9(10(7-8)16(19)20)11-3-4-12(21-11)13(18)15-5-6-17/h1-4,7,17H,5-6H2,(H,15,18). The van der Waals surface area contributed by atoms with Crippen LogP contribution in [0, 0.1) is 10.1 Å². The average molecular weight is 311 g/mol. The average Bonchev–Trinajstić information content (AvgIpc) is 2.94. The monoisotopic (exact) mass is 310 g/mol. The Bertz CT molecular complexity index is 683. The van der Waals surface area contributed by atoms with Gasteiger partial charge in [0.15, 0.2) is 5.76 Å². The van der Waals surface area contributed by atoms with Crippen molar-refractivity contribution in [3.05, 3.63) is 51.2 Å². The fourth-order valence-electron chi connectivity index (χ4n) is 1.73. The van der Waals surface area contributed by atoms with Crippen molar-refractivity contribution in [3.63, 3.8) is 0 Å². The van der Waals surface area contributed by atoms with Crippen molar-refractivity contribution in [1.29, 1.82) is 0 Å². The Morgan fingerprint density at radius 1 is 1.38 bits per heavy atom. The number of carbonyl (C=O) groups excluding carboxylic acids is 1. The predicted molar refractivity (Wildman–Crippen MR) is 75.2 cm³/mol. The van der Waals surface area contributed by atoms with E-state index in [0.29, 0.717) is 0 Å². The van der Waals surface area contributed by atoms with E-state index in [1.54, 1.807) is 0 Å². The Morgan fingerprint density at radius 2 is 2.14 bits per heavy atom. The summed E-state index contributed by atoms with van der Waals surface area (Å²) < 4.78 is 5.32. The molecule has 2 aromatic rings. The van der Waals surface area contributed by atoms with Gasteiger partial charge in [-0.1, -0.05) is 11.6 Å². The van der Waals surface area contributed by atoms with Gasteiger partial charge in [0.25, 0.3) is 11.6 Å². The number of furan rings is 1. The Hall–Kier alpha value is -2.38. The number of aliphatic hydroxyl groups is 1. The zero-order valence-electron chi connectivity index (χ0n) is 10.7. The van der Waals surface area contributed by atoms with Gasteiger partial charge in [0.05, 0.1) is 17.1 Å². The van der Waals surface area contributed by atoms with Gasteiger partial charge < -0.3 is 14.8 Å². The van der Waals surface area contributed by atoms with Crippen LogP contribution in [-0.2, 0) is 0 Å². The SMILES string of the molecule is O=C(NCCO)c1ccc(-c2ccc(Cl)cc2[N+](=O)[O-])o1. The van der Waals surface area contributed by atoms with Gasteiger partial charge in [-0.2, -0.15) is 0 Å². The van der Waals surface area contributed by atoms with E-state index in [1.165, 1.54) is 30.3 Å². The fraction of sp³-hybridized carbons (Fsp3) is 0.154. The van der Waals surface area contributed by atoms with E-state index >= 15 is 0 Å². The van der Waals surface area contributed by atoms with Gasteiger partial charge in [0, 0.05) is 17.6 Å². The largest absolute Gasteiger partial charge is 0.451 e. The summed E-state index contributed by atoms with van der Waals surface area (Å²) in [5, 5.41) is 22.3. The third-order valence-corrected chi connectivity index (χ3v) is 2.88. The van der Waals surface area contributed by atoms with Gasteiger partial charge in [0.2, 0.25) is 0 Å². The molecular formula is C13H11ClN2O5. The molecule has 7 nitrogen and oxygen atoms in total. The van der Waals surface area contributed by atoms with Crippen LogP contribution in [0.1, 0.15) is 10.6 Å². The Labute approximate surface area is 124 Å². The van der Waals surface area contributed by atoms with Crippen molar-refractivity contribution >= 4 is 23.2 Å². The molecule has 2 N–H and O–H groups in total. The van der Waals surface area contributed by atoms with E-state index in [9.17, 15) is 14.9 Å². The molecule has 0 saturated carbocycles. The molecule has 0 aliphatic carbocycles. The van der Waals surface area contributed by atoms with Crippen LogP contribution in [0.3, 0.4) is 0 Å². The molecule has 0 aliphatic rings. The molecule has 0 aliphatic heterocycles. The molecule has 1 aromatic carbocycles. The quantitative estimate of drug-likeness (QED) is 0.650. The van der Waals surface area contributed by atoms with Crippen molar-refractivity contribution in [2.45, 2.75) is 0 Å². The lowest BCUT2D eigenvalue weighted by Gasteiger charge is -2.01. The summed E-state index contributed by atoms with van der Waals surface area (Å²) in [6.45, 7) is -0.0993. The molecule has 8 heteroatoms. The van der Waals surface area contributed by atoms with E-state index in [1.807, 2.05) is 0 Å². The van der Waals surface area contributed by atoms with Crippen LogP contribution in [0.15, 0.2) is 34.7 Å². The van der Waals surface area contributed by atoms with E-state index < -0.39 is 10.8 Å². The molecule has 0 saturated heterocycles. The Kier molecular flexibility index (Phi) is 4.56. The molecule has 1 amide bonds. The van der Waals surface area contributed by atoms with Crippen LogP contribution in [0.4, 0.5) is 5.69 Å². The maximum Gasteiger partial charge on any atom is 0.287 e. The normalized spacial score (nSPS) is 10.4. The van der Waals surface area contributed by atoms with Crippen molar-refractivity contribution in [2.75, 3.05) is 13.2 Å². The van der Waals surface area contributed by atoms with Crippen LogP contribution < -0.4 is 5.32 Å². The van der Waals surface area contributed by atoms with Crippen LogP contribution in [-0.4, -0.2) is 29.1 Å².